The maximum absolute atomic E-state index is 12.7. The summed E-state index contributed by atoms with van der Waals surface area (Å²) in [7, 11) is 3.42. The second kappa shape index (κ2) is 8.27. The smallest absolute Gasteiger partial charge is 0.253 e. The van der Waals surface area contributed by atoms with Crippen LogP contribution < -0.4 is 15.4 Å². The Morgan fingerprint density at radius 2 is 2.00 bits per heavy atom. The first-order chi connectivity index (χ1) is 12.0. The van der Waals surface area contributed by atoms with E-state index in [2.05, 4.69) is 10.6 Å². The number of hydrogen-bond donors (Lipinski definition) is 2. The Kier molecular flexibility index (Phi) is 6.53. The molecule has 0 bridgehead atoms. The lowest BCUT2D eigenvalue weighted by atomic mass is 9.92. The Labute approximate surface area is 161 Å². The number of hydrogen-bond acceptors (Lipinski definition) is 4. The molecule has 3 rings (SSSR count). The first kappa shape index (κ1) is 20.5. The van der Waals surface area contributed by atoms with E-state index in [0.29, 0.717) is 23.6 Å². The molecule has 7 heteroatoms. The summed E-state index contributed by atoms with van der Waals surface area (Å²) >= 11 is 0. The number of nitrogens with one attached hydrogen (secondary N) is 2. The Balaban J connectivity index is 0.00000243. The third kappa shape index (κ3) is 4.13. The van der Waals surface area contributed by atoms with Gasteiger partial charge in [-0.1, -0.05) is 0 Å². The summed E-state index contributed by atoms with van der Waals surface area (Å²) in [5.41, 5.74) is 1.30. The minimum absolute atomic E-state index is 0. The predicted octanol–water partition coefficient (Wildman–Crippen LogP) is 2.54. The number of benzene rings is 1. The highest BCUT2D eigenvalue weighted by molar-refractivity contribution is 5.99. The molecule has 2 N–H and O–H groups in total. The van der Waals surface area contributed by atoms with E-state index in [0.717, 1.165) is 32.4 Å². The van der Waals surface area contributed by atoms with Gasteiger partial charge in [-0.2, -0.15) is 0 Å². The van der Waals surface area contributed by atoms with Gasteiger partial charge in [-0.05, 0) is 62.9 Å². The molecule has 2 fully saturated rings. The van der Waals surface area contributed by atoms with Crippen molar-refractivity contribution in [1.82, 2.24) is 10.2 Å². The van der Waals surface area contributed by atoms with Crippen molar-refractivity contribution in [3.63, 3.8) is 0 Å². The minimum Gasteiger partial charge on any atom is -0.492 e. The van der Waals surface area contributed by atoms with Gasteiger partial charge in [-0.3, -0.25) is 9.59 Å². The zero-order valence-electron chi connectivity index (χ0n) is 15.6. The van der Waals surface area contributed by atoms with Gasteiger partial charge in [0, 0.05) is 25.6 Å². The van der Waals surface area contributed by atoms with Crippen molar-refractivity contribution < 1.29 is 14.3 Å². The lowest BCUT2D eigenvalue weighted by Gasteiger charge is -2.23. The summed E-state index contributed by atoms with van der Waals surface area (Å²) < 4.78 is 5.62. The molecule has 1 atom stereocenters. The molecule has 144 valence electrons. The molecule has 0 aromatic heterocycles. The lowest BCUT2D eigenvalue weighted by Crippen LogP contribution is -2.31. The molecule has 1 spiro atoms. The average molecular weight is 382 g/mol. The van der Waals surface area contributed by atoms with Crippen LogP contribution in [0.2, 0.25) is 0 Å². The number of rotatable bonds is 5. The van der Waals surface area contributed by atoms with Crippen LogP contribution in [-0.4, -0.2) is 50.5 Å². The number of carbonyl (C=O) groups is 2. The van der Waals surface area contributed by atoms with Gasteiger partial charge in [0.25, 0.3) is 5.91 Å². The Morgan fingerprint density at radius 3 is 2.62 bits per heavy atom. The number of ether oxygens (including phenoxy) is 1. The van der Waals surface area contributed by atoms with Crippen LogP contribution in [0.3, 0.4) is 0 Å². The fourth-order valence-electron chi connectivity index (χ4n) is 3.72. The Hall–Kier alpha value is -1.79. The van der Waals surface area contributed by atoms with Crippen LogP contribution in [0.15, 0.2) is 18.2 Å². The quantitative estimate of drug-likeness (QED) is 0.822. The zero-order chi connectivity index (χ0) is 18.0. The molecule has 0 radical (unpaired) electrons. The van der Waals surface area contributed by atoms with Crippen LogP contribution in [0.1, 0.15) is 36.5 Å². The van der Waals surface area contributed by atoms with Gasteiger partial charge in [0.2, 0.25) is 5.91 Å². The van der Waals surface area contributed by atoms with Crippen LogP contribution in [0, 0.1) is 11.3 Å². The zero-order valence-corrected chi connectivity index (χ0v) is 16.4. The van der Waals surface area contributed by atoms with E-state index in [1.165, 1.54) is 4.90 Å². The number of piperidine rings is 1. The molecular weight excluding hydrogens is 354 g/mol. The minimum atomic E-state index is -0.0974. The molecule has 1 aromatic carbocycles. The summed E-state index contributed by atoms with van der Waals surface area (Å²) in [6, 6.07) is 5.19. The van der Waals surface area contributed by atoms with E-state index in [9.17, 15) is 9.59 Å². The maximum atomic E-state index is 12.7. The van der Waals surface area contributed by atoms with Gasteiger partial charge in [0.15, 0.2) is 0 Å². The number of anilines is 1. The summed E-state index contributed by atoms with van der Waals surface area (Å²) in [5.74, 6) is 0.612. The molecule has 2 aliphatic rings. The van der Waals surface area contributed by atoms with Crippen LogP contribution in [-0.2, 0) is 4.79 Å². The molecule has 1 aromatic rings. The van der Waals surface area contributed by atoms with E-state index in [1.54, 1.807) is 32.3 Å². The lowest BCUT2D eigenvalue weighted by molar-refractivity contribution is -0.118. The standard InChI is InChI=1S/C19H27N3O3.ClH/c1-4-25-16-6-5-13(18(24)22(2)3)11-15(16)21-17(23)14-12-19(14)7-9-20-10-8-19;/h5-6,11,14,20H,4,7-10,12H2,1-3H3,(H,21,23);1H. The van der Waals surface area contributed by atoms with Crippen molar-refractivity contribution in [2.24, 2.45) is 11.3 Å². The SMILES string of the molecule is CCOc1ccc(C(=O)N(C)C)cc1NC(=O)C1CC12CCNCC2.Cl. The van der Waals surface area contributed by atoms with Crippen molar-refractivity contribution in [2.75, 3.05) is 39.1 Å². The highest BCUT2D eigenvalue weighted by Crippen LogP contribution is 2.58. The van der Waals surface area contributed by atoms with Gasteiger partial charge < -0.3 is 20.3 Å². The van der Waals surface area contributed by atoms with Crippen molar-refractivity contribution in [2.45, 2.75) is 26.2 Å². The summed E-state index contributed by atoms with van der Waals surface area (Å²) in [5, 5.41) is 6.36. The fourth-order valence-corrected chi connectivity index (χ4v) is 3.72. The van der Waals surface area contributed by atoms with Gasteiger partial charge >= 0.3 is 0 Å². The van der Waals surface area contributed by atoms with Crippen molar-refractivity contribution >= 4 is 29.9 Å². The Morgan fingerprint density at radius 1 is 1.31 bits per heavy atom. The third-order valence-electron chi connectivity index (χ3n) is 5.30. The summed E-state index contributed by atoms with van der Waals surface area (Å²) in [6.07, 6.45) is 3.08. The summed E-state index contributed by atoms with van der Waals surface area (Å²) in [6.45, 7) is 4.37. The molecule has 1 heterocycles. The number of nitrogens with zero attached hydrogens (tertiary/aromatic N) is 1. The number of amides is 2. The van der Waals surface area contributed by atoms with E-state index < -0.39 is 0 Å². The molecule has 6 nitrogen and oxygen atoms in total. The van der Waals surface area contributed by atoms with Crippen LogP contribution in [0.4, 0.5) is 5.69 Å². The van der Waals surface area contributed by atoms with Gasteiger partial charge in [-0.15, -0.1) is 12.4 Å². The maximum Gasteiger partial charge on any atom is 0.253 e. The molecule has 1 unspecified atom stereocenters. The normalized spacial score (nSPS) is 20.0. The second-order valence-electron chi connectivity index (χ2n) is 7.20. The van der Waals surface area contributed by atoms with Gasteiger partial charge in [-0.25, -0.2) is 0 Å². The van der Waals surface area contributed by atoms with Crippen molar-refractivity contribution in [3.05, 3.63) is 23.8 Å². The second-order valence-corrected chi connectivity index (χ2v) is 7.20. The largest absolute Gasteiger partial charge is 0.492 e. The Bertz CT molecular complexity index is 672. The monoisotopic (exact) mass is 381 g/mol. The molecule has 2 amide bonds. The van der Waals surface area contributed by atoms with Gasteiger partial charge in [0.1, 0.15) is 5.75 Å². The highest BCUT2D eigenvalue weighted by atomic mass is 35.5. The average Bonchev–Trinajstić information content (AvgIpc) is 3.29. The molecule has 1 aliphatic carbocycles. The van der Waals surface area contributed by atoms with E-state index in [4.69, 9.17) is 4.74 Å². The first-order valence-corrected chi connectivity index (χ1v) is 8.97. The topological polar surface area (TPSA) is 70.7 Å². The van der Waals surface area contributed by atoms with E-state index in [-0.39, 0.29) is 35.6 Å². The van der Waals surface area contributed by atoms with Crippen molar-refractivity contribution in [3.8, 4) is 5.75 Å². The highest BCUT2D eigenvalue weighted by Gasteiger charge is 2.57. The molecule has 1 saturated heterocycles. The summed E-state index contributed by atoms with van der Waals surface area (Å²) in [4.78, 5) is 26.5. The van der Waals surface area contributed by atoms with Crippen LogP contribution in [0.5, 0.6) is 5.75 Å². The van der Waals surface area contributed by atoms with Gasteiger partial charge in [0.05, 0.1) is 12.3 Å². The van der Waals surface area contributed by atoms with Crippen molar-refractivity contribution in [1.29, 1.82) is 0 Å². The third-order valence-corrected chi connectivity index (χ3v) is 5.30. The van der Waals surface area contributed by atoms with E-state index >= 15 is 0 Å². The molecular formula is C19H28ClN3O3. The van der Waals surface area contributed by atoms with Crippen LogP contribution >= 0.6 is 12.4 Å². The predicted molar refractivity (Wildman–Crippen MR) is 104 cm³/mol. The fraction of sp³-hybridized carbons (Fsp3) is 0.579. The van der Waals surface area contributed by atoms with Crippen LogP contribution in [0.25, 0.3) is 0 Å². The molecule has 1 aliphatic heterocycles. The first-order valence-electron chi connectivity index (χ1n) is 8.97. The van der Waals surface area contributed by atoms with E-state index in [1.807, 2.05) is 6.92 Å². The number of carbonyl (C=O) groups excluding carboxylic acids is 2. The number of halogens is 1. The molecule has 1 saturated carbocycles. The molecule has 26 heavy (non-hydrogen) atoms.